The lowest BCUT2D eigenvalue weighted by Crippen LogP contribution is -2.51. The molecule has 3 rings (SSSR count). The van der Waals surface area contributed by atoms with Gasteiger partial charge in [0.1, 0.15) is 0 Å². The summed E-state index contributed by atoms with van der Waals surface area (Å²) in [6.45, 7) is 6.92. The Bertz CT molecular complexity index is 553. The largest absolute Gasteiger partial charge is 0.339 e. The first-order valence-corrected chi connectivity index (χ1v) is 8.24. The first-order chi connectivity index (χ1) is 10.6. The molecule has 118 valence electrons. The lowest BCUT2D eigenvalue weighted by atomic mass is 10.0. The Morgan fingerprint density at radius 1 is 0.955 bits per heavy atom. The van der Waals surface area contributed by atoms with Gasteiger partial charge in [-0.3, -0.25) is 9.59 Å². The first kappa shape index (κ1) is 15.1. The monoisotopic (exact) mass is 300 g/mol. The zero-order valence-corrected chi connectivity index (χ0v) is 13.4. The summed E-state index contributed by atoms with van der Waals surface area (Å²) in [4.78, 5) is 28.3. The molecule has 22 heavy (non-hydrogen) atoms. The van der Waals surface area contributed by atoms with Crippen LogP contribution in [0.2, 0.25) is 0 Å². The van der Waals surface area contributed by atoms with Crippen molar-refractivity contribution in [3.05, 3.63) is 35.4 Å². The Morgan fingerprint density at radius 3 is 2.00 bits per heavy atom. The smallest absolute Gasteiger partial charge is 0.253 e. The highest BCUT2D eigenvalue weighted by Gasteiger charge is 2.35. The van der Waals surface area contributed by atoms with Gasteiger partial charge in [0.25, 0.3) is 5.91 Å². The Balaban J connectivity index is 1.58. The van der Waals surface area contributed by atoms with Gasteiger partial charge < -0.3 is 9.80 Å². The highest BCUT2D eigenvalue weighted by Crippen LogP contribution is 2.31. The molecule has 0 atom stereocenters. The molecule has 0 radical (unpaired) electrons. The van der Waals surface area contributed by atoms with Crippen molar-refractivity contribution in [1.29, 1.82) is 0 Å². The average molecular weight is 300 g/mol. The van der Waals surface area contributed by atoms with Gasteiger partial charge >= 0.3 is 0 Å². The maximum absolute atomic E-state index is 12.5. The van der Waals surface area contributed by atoms with E-state index in [0.29, 0.717) is 32.1 Å². The van der Waals surface area contributed by atoms with E-state index in [2.05, 4.69) is 13.8 Å². The van der Waals surface area contributed by atoms with Crippen molar-refractivity contribution in [2.24, 2.45) is 5.92 Å². The van der Waals surface area contributed by atoms with Crippen molar-refractivity contribution in [3.8, 4) is 0 Å². The van der Waals surface area contributed by atoms with Crippen LogP contribution in [0, 0.1) is 5.92 Å². The molecule has 1 aliphatic heterocycles. The standard InChI is InChI=1S/C18H24N2O2/c1-13(2)14-3-5-15(6-4-14)17(21)19-9-11-20(12-10-19)18(22)16-7-8-16/h3-6,13,16H,7-12H2,1-2H3. The fraction of sp³-hybridized carbons (Fsp3) is 0.556. The van der Waals surface area contributed by atoms with Gasteiger partial charge in [0.15, 0.2) is 0 Å². The van der Waals surface area contributed by atoms with Crippen LogP contribution in [0.1, 0.15) is 48.5 Å². The Kier molecular flexibility index (Phi) is 4.19. The predicted octanol–water partition coefficient (Wildman–Crippen LogP) is 2.50. The van der Waals surface area contributed by atoms with Crippen molar-refractivity contribution in [2.75, 3.05) is 26.2 Å². The molecular formula is C18H24N2O2. The van der Waals surface area contributed by atoms with E-state index in [1.54, 1.807) is 0 Å². The second-order valence-electron chi connectivity index (χ2n) is 6.67. The third-order valence-corrected chi connectivity index (χ3v) is 4.63. The normalized spacial score (nSPS) is 18.7. The van der Waals surface area contributed by atoms with E-state index in [1.807, 2.05) is 34.1 Å². The van der Waals surface area contributed by atoms with Gasteiger partial charge in [0.2, 0.25) is 5.91 Å². The number of hydrogen-bond donors (Lipinski definition) is 0. The third-order valence-electron chi connectivity index (χ3n) is 4.63. The van der Waals surface area contributed by atoms with Crippen LogP contribution in [0.5, 0.6) is 0 Å². The van der Waals surface area contributed by atoms with Crippen LogP contribution in [0.3, 0.4) is 0 Å². The van der Waals surface area contributed by atoms with Gasteiger partial charge in [0.05, 0.1) is 0 Å². The van der Waals surface area contributed by atoms with E-state index in [0.717, 1.165) is 18.4 Å². The van der Waals surface area contributed by atoms with Crippen molar-refractivity contribution < 1.29 is 9.59 Å². The van der Waals surface area contributed by atoms with Crippen molar-refractivity contribution in [2.45, 2.75) is 32.6 Å². The number of rotatable bonds is 3. The molecule has 1 heterocycles. The topological polar surface area (TPSA) is 40.6 Å². The minimum atomic E-state index is 0.0776. The van der Waals surface area contributed by atoms with Crippen LogP contribution < -0.4 is 0 Å². The maximum atomic E-state index is 12.5. The van der Waals surface area contributed by atoms with E-state index in [4.69, 9.17) is 0 Å². The SMILES string of the molecule is CC(C)c1ccc(C(=O)N2CCN(C(=O)C3CC3)CC2)cc1. The van der Waals surface area contributed by atoms with Gasteiger partial charge in [-0.25, -0.2) is 0 Å². The van der Waals surface area contributed by atoms with Crippen LogP contribution in [0.4, 0.5) is 0 Å². The highest BCUT2D eigenvalue weighted by molar-refractivity contribution is 5.94. The molecule has 2 amide bonds. The van der Waals surface area contributed by atoms with Crippen molar-refractivity contribution >= 4 is 11.8 Å². The van der Waals surface area contributed by atoms with Gasteiger partial charge in [-0.05, 0) is 36.5 Å². The third kappa shape index (κ3) is 3.16. The summed E-state index contributed by atoms with van der Waals surface area (Å²) < 4.78 is 0. The molecule has 0 bridgehead atoms. The second-order valence-corrected chi connectivity index (χ2v) is 6.67. The summed E-state index contributed by atoms with van der Waals surface area (Å²) >= 11 is 0. The molecule has 1 saturated heterocycles. The van der Waals surface area contributed by atoms with Crippen LogP contribution in [0.25, 0.3) is 0 Å². The molecule has 4 heteroatoms. The Hall–Kier alpha value is -1.84. The summed E-state index contributed by atoms with van der Waals surface area (Å²) in [7, 11) is 0. The van der Waals surface area contributed by atoms with Crippen LogP contribution in [-0.4, -0.2) is 47.8 Å². The Labute approximate surface area is 132 Å². The lowest BCUT2D eigenvalue weighted by Gasteiger charge is -2.35. The molecular weight excluding hydrogens is 276 g/mol. The molecule has 0 unspecified atom stereocenters. The van der Waals surface area contributed by atoms with Crippen molar-refractivity contribution in [1.82, 2.24) is 9.80 Å². The van der Waals surface area contributed by atoms with Gasteiger partial charge in [-0.15, -0.1) is 0 Å². The summed E-state index contributed by atoms with van der Waals surface area (Å²) in [5.74, 6) is 1.11. The summed E-state index contributed by atoms with van der Waals surface area (Å²) in [5.41, 5.74) is 1.99. The van der Waals surface area contributed by atoms with Gasteiger partial charge in [-0.2, -0.15) is 0 Å². The highest BCUT2D eigenvalue weighted by atomic mass is 16.2. The van der Waals surface area contributed by atoms with Crippen LogP contribution in [0.15, 0.2) is 24.3 Å². The quantitative estimate of drug-likeness (QED) is 0.860. The fourth-order valence-electron chi connectivity index (χ4n) is 2.91. The average Bonchev–Trinajstić information content (AvgIpc) is 3.38. The summed E-state index contributed by atoms with van der Waals surface area (Å²) in [6, 6.07) is 7.90. The molecule has 1 aromatic carbocycles. The molecule has 2 fully saturated rings. The van der Waals surface area contributed by atoms with Crippen LogP contribution in [-0.2, 0) is 4.79 Å². The Morgan fingerprint density at radius 2 is 1.50 bits per heavy atom. The maximum Gasteiger partial charge on any atom is 0.253 e. The molecule has 1 aliphatic carbocycles. The molecule has 1 aromatic rings. The van der Waals surface area contributed by atoms with Gasteiger partial charge in [-0.1, -0.05) is 26.0 Å². The fourth-order valence-corrected chi connectivity index (χ4v) is 2.91. The zero-order valence-electron chi connectivity index (χ0n) is 13.4. The summed E-state index contributed by atoms with van der Waals surface area (Å²) in [5, 5.41) is 0. The molecule has 2 aliphatic rings. The van der Waals surface area contributed by atoms with Gasteiger partial charge in [0, 0.05) is 37.7 Å². The molecule has 0 spiro atoms. The number of carbonyl (C=O) groups is 2. The number of benzene rings is 1. The minimum absolute atomic E-state index is 0.0776. The molecule has 0 N–H and O–H groups in total. The number of amides is 2. The van der Waals surface area contributed by atoms with E-state index in [1.165, 1.54) is 5.56 Å². The van der Waals surface area contributed by atoms with Crippen molar-refractivity contribution in [3.63, 3.8) is 0 Å². The number of nitrogens with zero attached hydrogens (tertiary/aromatic N) is 2. The lowest BCUT2D eigenvalue weighted by molar-refractivity contribution is -0.134. The van der Waals surface area contributed by atoms with E-state index >= 15 is 0 Å². The molecule has 0 aromatic heterocycles. The minimum Gasteiger partial charge on any atom is -0.339 e. The predicted molar refractivity (Wildman–Crippen MR) is 85.7 cm³/mol. The number of piperazine rings is 1. The molecule has 4 nitrogen and oxygen atoms in total. The summed E-state index contributed by atoms with van der Waals surface area (Å²) in [6.07, 6.45) is 2.08. The first-order valence-electron chi connectivity index (χ1n) is 8.24. The number of carbonyl (C=O) groups excluding carboxylic acids is 2. The second kappa shape index (κ2) is 6.11. The number of hydrogen-bond acceptors (Lipinski definition) is 2. The zero-order chi connectivity index (χ0) is 15.7. The molecule has 1 saturated carbocycles. The van der Waals surface area contributed by atoms with E-state index < -0.39 is 0 Å². The van der Waals surface area contributed by atoms with Crippen LogP contribution >= 0.6 is 0 Å². The van der Waals surface area contributed by atoms with E-state index in [9.17, 15) is 9.59 Å². The van der Waals surface area contributed by atoms with E-state index in [-0.39, 0.29) is 17.7 Å².